The third kappa shape index (κ3) is 8.75. The van der Waals surface area contributed by atoms with Gasteiger partial charge < -0.3 is 30.3 Å². The zero-order valence-corrected chi connectivity index (χ0v) is 32.7. The van der Waals surface area contributed by atoms with Gasteiger partial charge in [0.05, 0.1) is 22.0 Å². The highest BCUT2D eigenvalue weighted by atomic mass is 79.9. The molecule has 5 amide bonds. The van der Waals surface area contributed by atoms with Crippen molar-refractivity contribution in [3.05, 3.63) is 56.5 Å². The number of nitrogens with zero attached hydrogens (tertiary/aromatic N) is 4. The highest BCUT2D eigenvalue weighted by Crippen LogP contribution is 2.37. The number of carbonyl (C=O) groups is 4. The number of nitrogens with one attached hydrogen (secondary N) is 2. The Labute approximate surface area is 321 Å². The Kier molecular flexibility index (Phi) is 12.5. The number of amides is 5. The number of phenols is 1. The maximum absolute atomic E-state index is 14.8. The number of quaternary nitrogens is 1. The first-order valence-electron chi connectivity index (χ1n) is 18.3. The molecule has 0 spiro atoms. The number of likely N-dealkylation sites (tertiary alicyclic amines) is 2. The van der Waals surface area contributed by atoms with E-state index < -0.39 is 18.1 Å². The summed E-state index contributed by atoms with van der Waals surface area (Å²) in [6.07, 6.45) is 3.66. The lowest BCUT2D eigenvalue weighted by Gasteiger charge is -2.44. The van der Waals surface area contributed by atoms with E-state index in [4.69, 9.17) is 4.74 Å². The van der Waals surface area contributed by atoms with E-state index in [9.17, 15) is 29.5 Å². The quantitative estimate of drug-likeness (QED) is 0.163. The molecule has 4 aliphatic rings. The molecule has 0 saturated carbocycles. The maximum atomic E-state index is 14.8. The van der Waals surface area contributed by atoms with Crippen LogP contribution in [0.4, 0.5) is 15.3 Å². The predicted molar refractivity (Wildman–Crippen MR) is 201 cm³/mol. The van der Waals surface area contributed by atoms with Gasteiger partial charge in [-0.2, -0.15) is 0 Å². The minimum absolute atomic E-state index is 0.00790. The van der Waals surface area contributed by atoms with Crippen LogP contribution in [0.15, 0.2) is 45.3 Å². The number of anilines is 1. The number of likely N-dealkylation sites (N-methyl/N-ethyl adjacent to an activating group) is 1. The minimum atomic E-state index is -1.24. The minimum Gasteiger partial charge on any atom is -0.506 e. The van der Waals surface area contributed by atoms with Crippen molar-refractivity contribution >= 4 is 61.5 Å². The monoisotopic (exact) mass is 847 g/mol. The summed E-state index contributed by atoms with van der Waals surface area (Å²) in [5, 5.41) is 27.4. The van der Waals surface area contributed by atoms with Gasteiger partial charge in [-0.15, -0.1) is 0 Å². The van der Waals surface area contributed by atoms with E-state index in [1.165, 1.54) is 7.05 Å². The number of aromatic hydroxyl groups is 1. The number of rotatable bonds is 8. The van der Waals surface area contributed by atoms with Gasteiger partial charge in [-0.05, 0) is 118 Å². The van der Waals surface area contributed by atoms with E-state index in [0.29, 0.717) is 77.0 Å². The summed E-state index contributed by atoms with van der Waals surface area (Å²) in [7, 11) is 1.26. The fourth-order valence-corrected chi connectivity index (χ4v) is 9.70. The van der Waals surface area contributed by atoms with Gasteiger partial charge in [0.2, 0.25) is 6.10 Å². The van der Waals surface area contributed by atoms with Crippen molar-refractivity contribution in [2.24, 2.45) is 11.8 Å². The first-order chi connectivity index (χ1) is 24.9. The van der Waals surface area contributed by atoms with Crippen LogP contribution in [0.1, 0.15) is 49.7 Å². The Hall–Kier alpha value is -3.24. The summed E-state index contributed by atoms with van der Waals surface area (Å²) in [6, 6.07) is 11.0. The van der Waals surface area contributed by atoms with E-state index in [-0.39, 0.29) is 41.2 Å². The summed E-state index contributed by atoms with van der Waals surface area (Å²) in [5.74, 6) is 0.0111. The van der Waals surface area contributed by atoms with Gasteiger partial charge in [0.15, 0.2) is 6.54 Å². The van der Waals surface area contributed by atoms with Gasteiger partial charge in [0.1, 0.15) is 5.75 Å². The Morgan fingerprint density at radius 3 is 2.27 bits per heavy atom. The standard InChI is InChI=1S/C37H48Br2N6O7/c1-42(51)33(46)23-45(18-11-26(12-19-45)25-6-13-40-14-7-25)35(48)32(22-24-20-29(38)34(47)30(39)21-24)52-37(50)43-15-9-28(10-16-43)44-17-8-27-4-2-3-5-31(27)41-36(44)49/h2-5,20-21,25-26,28,32,40,51H,6-19,22-23H2,1H3,(H-,41,47,49)/p+1/t26?,32-,45?/m1/s1. The number of hydrogen-bond donors (Lipinski definition) is 4. The second-order valence-corrected chi connectivity index (χ2v) is 16.4. The molecular formula is C37H49Br2N6O7+. The normalized spacial score (nSPS) is 23.6. The van der Waals surface area contributed by atoms with Crippen LogP contribution in [0.5, 0.6) is 5.75 Å². The molecule has 4 N–H and O–H groups in total. The number of ether oxygens (including phenoxy) is 1. The molecule has 0 aromatic heterocycles. The van der Waals surface area contributed by atoms with Crippen LogP contribution in [0.2, 0.25) is 0 Å². The SMILES string of the molecule is CN(O)C(=O)C[N+]1(C(=O)[C@@H](Cc2cc(Br)c(O)c(Br)c2)OC(=O)N2CCC(N3CCc4ccccc4NC3=O)CC2)CCC(C2CCNCC2)CC1. The molecule has 0 radical (unpaired) electrons. The molecule has 13 nitrogen and oxygen atoms in total. The lowest BCUT2D eigenvalue weighted by atomic mass is 9.78. The average Bonchev–Trinajstić information content (AvgIpc) is 3.31. The Balaban J connectivity index is 1.18. The number of piperidine rings is 3. The van der Waals surface area contributed by atoms with Gasteiger partial charge >= 0.3 is 23.9 Å². The lowest BCUT2D eigenvalue weighted by Crippen LogP contribution is -2.64. The largest absolute Gasteiger partial charge is 0.506 e. The third-order valence-electron chi connectivity index (χ3n) is 11.5. The van der Waals surface area contributed by atoms with E-state index in [2.05, 4.69) is 42.5 Å². The molecule has 4 aliphatic heterocycles. The molecule has 0 unspecified atom stereocenters. The number of benzene rings is 2. The van der Waals surface area contributed by atoms with Crippen LogP contribution in [0.25, 0.3) is 0 Å². The predicted octanol–water partition coefficient (Wildman–Crippen LogP) is 5.12. The van der Waals surface area contributed by atoms with Crippen molar-refractivity contribution in [2.45, 2.75) is 63.5 Å². The molecule has 2 aromatic rings. The highest BCUT2D eigenvalue weighted by Gasteiger charge is 2.49. The number of carbonyl (C=O) groups excluding carboxylic acids is 4. The third-order valence-corrected chi connectivity index (χ3v) is 12.7. The van der Waals surface area contributed by atoms with Crippen molar-refractivity contribution in [3.63, 3.8) is 0 Å². The average molecular weight is 850 g/mol. The molecule has 15 heteroatoms. The summed E-state index contributed by atoms with van der Waals surface area (Å²) < 4.78 is 6.74. The van der Waals surface area contributed by atoms with Gasteiger partial charge in [0.25, 0.3) is 0 Å². The van der Waals surface area contributed by atoms with E-state index in [1.807, 2.05) is 29.2 Å². The first kappa shape index (κ1) is 38.5. The summed E-state index contributed by atoms with van der Waals surface area (Å²) >= 11 is 6.75. The fraction of sp³-hybridized carbons (Fsp3) is 0.568. The van der Waals surface area contributed by atoms with E-state index in [0.717, 1.165) is 56.4 Å². The molecule has 6 rings (SSSR count). The number of urea groups is 1. The van der Waals surface area contributed by atoms with E-state index in [1.54, 1.807) is 17.0 Å². The van der Waals surface area contributed by atoms with Crippen LogP contribution in [-0.4, -0.2) is 125 Å². The number of hydrogen-bond acceptors (Lipinski definition) is 8. The second kappa shape index (κ2) is 16.8. The number of para-hydroxylation sites is 1. The fourth-order valence-electron chi connectivity index (χ4n) is 8.42. The van der Waals surface area contributed by atoms with Crippen LogP contribution in [0, 0.1) is 11.8 Å². The zero-order valence-electron chi connectivity index (χ0n) is 29.6. The molecule has 2 aromatic carbocycles. The Morgan fingerprint density at radius 2 is 1.62 bits per heavy atom. The molecule has 282 valence electrons. The van der Waals surface area contributed by atoms with Gasteiger partial charge in [-0.25, -0.2) is 23.9 Å². The second-order valence-electron chi connectivity index (χ2n) is 14.7. The number of hydroxylamine groups is 2. The summed E-state index contributed by atoms with van der Waals surface area (Å²) in [5.41, 5.74) is 2.55. The lowest BCUT2D eigenvalue weighted by molar-refractivity contribution is -0.855. The Morgan fingerprint density at radius 1 is 0.981 bits per heavy atom. The van der Waals surface area contributed by atoms with Gasteiger partial charge in [-0.1, -0.05) is 18.2 Å². The molecule has 1 atom stereocenters. The smallest absolute Gasteiger partial charge is 0.410 e. The van der Waals surface area contributed by atoms with Crippen molar-refractivity contribution in [1.29, 1.82) is 0 Å². The summed E-state index contributed by atoms with van der Waals surface area (Å²) in [4.78, 5) is 58.4. The molecule has 0 bridgehead atoms. The zero-order chi connectivity index (χ0) is 37.0. The molecule has 3 fully saturated rings. The summed E-state index contributed by atoms with van der Waals surface area (Å²) in [6.45, 7) is 3.78. The highest BCUT2D eigenvalue weighted by molar-refractivity contribution is 9.11. The first-order valence-corrected chi connectivity index (χ1v) is 19.9. The van der Waals surface area contributed by atoms with Crippen molar-refractivity contribution in [3.8, 4) is 5.75 Å². The van der Waals surface area contributed by atoms with Gasteiger partial charge in [-0.3, -0.25) is 10.0 Å². The van der Waals surface area contributed by atoms with Crippen LogP contribution in [-0.2, 0) is 27.2 Å². The molecule has 4 heterocycles. The van der Waals surface area contributed by atoms with Crippen LogP contribution < -0.4 is 10.6 Å². The number of halogens is 2. The molecule has 0 aliphatic carbocycles. The van der Waals surface area contributed by atoms with Crippen molar-refractivity contribution in [1.82, 2.24) is 20.2 Å². The number of phenolic OH excluding ortho intramolecular Hbond substituents is 1. The molecular weight excluding hydrogens is 800 g/mol. The molecule has 3 saturated heterocycles. The Bertz CT molecular complexity index is 1610. The van der Waals surface area contributed by atoms with E-state index >= 15 is 0 Å². The topological polar surface area (TPSA) is 152 Å². The molecule has 52 heavy (non-hydrogen) atoms. The van der Waals surface area contributed by atoms with Crippen LogP contribution in [0.3, 0.4) is 0 Å². The van der Waals surface area contributed by atoms with Gasteiger partial charge in [0, 0.05) is 57.7 Å². The van der Waals surface area contributed by atoms with Crippen LogP contribution >= 0.6 is 31.9 Å². The van der Waals surface area contributed by atoms with Crippen molar-refractivity contribution < 1.29 is 38.7 Å². The van der Waals surface area contributed by atoms with Crippen molar-refractivity contribution in [2.75, 3.05) is 64.7 Å². The number of fused-ring (bicyclic) bond motifs is 1. The maximum Gasteiger partial charge on any atom is 0.410 e.